The van der Waals surface area contributed by atoms with Gasteiger partial charge >= 0.3 is 0 Å². The molecule has 6 nitrogen and oxygen atoms in total. The van der Waals surface area contributed by atoms with E-state index in [1.807, 2.05) is 48.5 Å². The molecule has 1 fully saturated rings. The lowest BCUT2D eigenvalue weighted by atomic mass is 9.95. The number of likely N-dealkylation sites (tertiary alicyclic amines) is 1. The molecular weight excluding hydrogens is 415 g/mol. The van der Waals surface area contributed by atoms with Gasteiger partial charge in [0.05, 0.1) is 18.7 Å². The third-order valence-electron chi connectivity index (χ3n) is 5.12. The summed E-state index contributed by atoms with van der Waals surface area (Å²) in [5.41, 5.74) is 2.04. The third-order valence-corrected chi connectivity index (χ3v) is 5.41. The summed E-state index contributed by atoms with van der Waals surface area (Å²) in [6.07, 6.45) is 2.12. The predicted molar refractivity (Wildman–Crippen MR) is 123 cm³/mol. The molecule has 0 saturated carbocycles. The molecule has 0 bridgehead atoms. The second kappa shape index (κ2) is 11.6. The zero-order chi connectivity index (χ0) is 22.1. The number of anilines is 1. The maximum atomic E-state index is 14.0. The van der Waals surface area contributed by atoms with Crippen LogP contribution < -0.4 is 5.32 Å². The van der Waals surface area contributed by atoms with E-state index in [1.165, 1.54) is 10.5 Å². The van der Waals surface area contributed by atoms with Crippen molar-refractivity contribution >= 4 is 35.9 Å². The maximum Gasteiger partial charge on any atom is 0.223 e. The maximum absolute atomic E-state index is 14.0. The average molecular weight is 443 g/mol. The first kappa shape index (κ1) is 23.0. The van der Waals surface area contributed by atoms with Gasteiger partial charge in [-0.1, -0.05) is 30.3 Å². The van der Waals surface area contributed by atoms with Crippen molar-refractivity contribution in [3.05, 3.63) is 60.3 Å². The number of carbonyl (C=O) groups excluding carboxylic acids is 1. The molecule has 2 unspecified atom stereocenters. The molecule has 3 aromatic rings. The highest BCUT2D eigenvalue weighted by Gasteiger charge is 2.28. The fourth-order valence-corrected chi connectivity index (χ4v) is 3.49. The first-order chi connectivity index (χ1) is 15.1. The van der Waals surface area contributed by atoms with Crippen molar-refractivity contribution in [1.29, 1.82) is 0 Å². The van der Waals surface area contributed by atoms with Crippen LogP contribution in [0.2, 0.25) is 0 Å². The van der Waals surface area contributed by atoms with Crippen LogP contribution >= 0.6 is 12.6 Å². The van der Waals surface area contributed by atoms with Gasteiger partial charge in [0, 0.05) is 42.6 Å². The molecule has 1 amide bonds. The molecule has 1 saturated heterocycles. The number of nitrogens with zero attached hydrogens (tertiary/aromatic N) is 3. The molecule has 2 atom stereocenters. The zero-order valence-electron chi connectivity index (χ0n) is 17.4. The highest BCUT2D eigenvalue weighted by Crippen LogP contribution is 2.20. The second-order valence-electron chi connectivity index (χ2n) is 7.40. The van der Waals surface area contributed by atoms with E-state index >= 15 is 0 Å². The van der Waals surface area contributed by atoms with Crippen LogP contribution in [-0.2, 0) is 16.1 Å². The molecule has 2 aromatic carbocycles. The van der Waals surface area contributed by atoms with Gasteiger partial charge in [0.2, 0.25) is 12.4 Å². The van der Waals surface area contributed by atoms with Gasteiger partial charge in [-0.15, -0.1) is 12.6 Å². The number of carbonyl (C=O) groups is 1. The molecule has 4 rings (SSSR count). The number of piperidine rings is 1. The van der Waals surface area contributed by atoms with Gasteiger partial charge < -0.3 is 15.0 Å². The zero-order valence-corrected chi connectivity index (χ0v) is 18.3. The van der Waals surface area contributed by atoms with E-state index in [2.05, 4.69) is 27.9 Å². The molecule has 1 aromatic heterocycles. The summed E-state index contributed by atoms with van der Waals surface area (Å²) < 4.78 is 18.9. The SMILES string of the molecule is COCc1ccc(S)cc1.O=CN1CCC(CNc2ncc3ccccc3n2)C(F)C1. The molecule has 0 spiro atoms. The number of methoxy groups -OCH3 is 1. The number of thiol groups is 1. The van der Waals surface area contributed by atoms with E-state index in [9.17, 15) is 9.18 Å². The average Bonchev–Trinajstić information content (AvgIpc) is 2.80. The molecule has 2 heterocycles. The first-order valence-corrected chi connectivity index (χ1v) is 10.6. The molecule has 8 heteroatoms. The number of ether oxygens (including phenoxy) is 1. The van der Waals surface area contributed by atoms with E-state index < -0.39 is 6.17 Å². The fourth-order valence-electron chi connectivity index (χ4n) is 3.34. The van der Waals surface area contributed by atoms with E-state index in [4.69, 9.17) is 4.74 Å². The number of nitrogens with one attached hydrogen (secondary N) is 1. The Morgan fingerprint density at radius 3 is 2.74 bits per heavy atom. The van der Waals surface area contributed by atoms with E-state index in [0.29, 0.717) is 38.5 Å². The summed E-state index contributed by atoms with van der Waals surface area (Å²) in [5, 5.41) is 4.08. The Kier molecular flexibility index (Phi) is 8.61. The molecule has 164 valence electrons. The highest BCUT2D eigenvalue weighted by atomic mass is 32.1. The van der Waals surface area contributed by atoms with Crippen LogP contribution in [0.15, 0.2) is 59.6 Å². The Labute approximate surface area is 187 Å². The normalized spacial score (nSPS) is 18.2. The van der Waals surface area contributed by atoms with Crippen LogP contribution in [0.5, 0.6) is 0 Å². The van der Waals surface area contributed by atoms with Gasteiger partial charge in [-0.2, -0.15) is 0 Å². The molecule has 1 aliphatic rings. The first-order valence-electron chi connectivity index (χ1n) is 10.1. The molecule has 0 radical (unpaired) electrons. The minimum atomic E-state index is -1.00. The fraction of sp³-hybridized carbons (Fsp3) is 0.348. The number of hydrogen-bond donors (Lipinski definition) is 2. The summed E-state index contributed by atoms with van der Waals surface area (Å²) in [4.78, 5) is 21.7. The van der Waals surface area contributed by atoms with Crippen LogP contribution in [0.4, 0.5) is 10.3 Å². The number of rotatable bonds is 6. The van der Waals surface area contributed by atoms with Crippen LogP contribution in [-0.4, -0.2) is 54.2 Å². The third kappa shape index (κ3) is 6.90. The van der Waals surface area contributed by atoms with Gasteiger partial charge in [0.1, 0.15) is 6.17 Å². The van der Waals surface area contributed by atoms with Crippen molar-refractivity contribution < 1.29 is 13.9 Å². The number of benzene rings is 2. The van der Waals surface area contributed by atoms with Crippen molar-refractivity contribution in [3.8, 4) is 0 Å². The summed E-state index contributed by atoms with van der Waals surface area (Å²) in [7, 11) is 1.69. The molecule has 1 N–H and O–H groups in total. The Bertz CT molecular complexity index is 973. The Morgan fingerprint density at radius 2 is 2.03 bits per heavy atom. The number of fused-ring (bicyclic) bond motifs is 1. The van der Waals surface area contributed by atoms with Crippen LogP contribution in [0, 0.1) is 5.92 Å². The number of para-hydroxylation sites is 1. The number of halogens is 1. The molecule has 1 aliphatic heterocycles. The highest BCUT2D eigenvalue weighted by molar-refractivity contribution is 7.80. The summed E-state index contributed by atoms with van der Waals surface area (Å²) in [6.45, 7) is 1.93. The lowest BCUT2D eigenvalue weighted by Crippen LogP contribution is -2.43. The summed E-state index contributed by atoms with van der Waals surface area (Å²) >= 11 is 4.16. The smallest absolute Gasteiger partial charge is 0.223 e. The van der Waals surface area contributed by atoms with Crippen LogP contribution in [0.25, 0.3) is 10.9 Å². The van der Waals surface area contributed by atoms with E-state index in [1.54, 1.807) is 13.3 Å². The van der Waals surface area contributed by atoms with E-state index in [0.717, 1.165) is 15.8 Å². The Morgan fingerprint density at radius 1 is 1.26 bits per heavy atom. The summed E-state index contributed by atoms with van der Waals surface area (Å²) in [5.74, 6) is 0.398. The van der Waals surface area contributed by atoms with Crippen molar-refractivity contribution in [3.63, 3.8) is 0 Å². The molecule has 0 aliphatic carbocycles. The Hall–Kier alpha value is -2.71. The van der Waals surface area contributed by atoms with Gasteiger partial charge in [-0.3, -0.25) is 4.79 Å². The van der Waals surface area contributed by atoms with Gasteiger partial charge in [-0.25, -0.2) is 14.4 Å². The minimum Gasteiger partial charge on any atom is -0.380 e. The standard InChI is InChI=1S/C15H17FN4O.C8H10OS/c16-13-9-20(10-21)6-5-11(13)7-17-15-18-8-12-3-1-2-4-14(12)19-15;1-9-6-7-2-4-8(10)5-3-7/h1-4,8,10-11,13H,5-7,9H2,(H,17,18,19);2-5,10H,6H2,1H3. The number of hydrogen-bond acceptors (Lipinski definition) is 6. The largest absolute Gasteiger partial charge is 0.380 e. The van der Waals surface area contributed by atoms with Gasteiger partial charge in [0.15, 0.2) is 0 Å². The predicted octanol–water partition coefficient (Wildman–Crippen LogP) is 3.98. The number of amides is 1. The second-order valence-corrected chi connectivity index (χ2v) is 7.91. The molecular formula is C23H27FN4O2S. The minimum absolute atomic E-state index is 0.115. The monoisotopic (exact) mass is 442 g/mol. The van der Waals surface area contributed by atoms with Crippen molar-refractivity contribution in [2.45, 2.75) is 24.1 Å². The number of alkyl halides is 1. The lowest BCUT2D eigenvalue weighted by molar-refractivity contribution is -0.120. The van der Waals surface area contributed by atoms with Crippen molar-refractivity contribution in [2.24, 2.45) is 5.92 Å². The topological polar surface area (TPSA) is 67.3 Å². The van der Waals surface area contributed by atoms with Crippen LogP contribution in [0.1, 0.15) is 12.0 Å². The van der Waals surface area contributed by atoms with Gasteiger partial charge in [-0.05, 0) is 30.2 Å². The number of aromatic nitrogens is 2. The van der Waals surface area contributed by atoms with E-state index in [-0.39, 0.29) is 12.5 Å². The van der Waals surface area contributed by atoms with Crippen molar-refractivity contribution in [2.75, 3.05) is 32.1 Å². The van der Waals surface area contributed by atoms with Crippen LogP contribution in [0.3, 0.4) is 0 Å². The summed E-state index contributed by atoms with van der Waals surface area (Å²) in [6, 6.07) is 15.7. The van der Waals surface area contributed by atoms with Crippen molar-refractivity contribution in [1.82, 2.24) is 14.9 Å². The Balaban J connectivity index is 0.000000229. The quantitative estimate of drug-likeness (QED) is 0.447. The molecule has 31 heavy (non-hydrogen) atoms. The lowest BCUT2D eigenvalue weighted by Gasteiger charge is -2.32. The van der Waals surface area contributed by atoms with Gasteiger partial charge in [0.25, 0.3) is 0 Å².